The Labute approximate surface area is 135 Å². The van der Waals surface area contributed by atoms with E-state index >= 15 is 0 Å². The van der Waals surface area contributed by atoms with Crippen molar-refractivity contribution in [3.63, 3.8) is 0 Å². The fourth-order valence-electron chi connectivity index (χ4n) is 2.89. The zero-order valence-electron chi connectivity index (χ0n) is 10.9. The van der Waals surface area contributed by atoms with E-state index in [1.807, 2.05) is 0 Å². The zero-order chi connectivity index (χ0) is 13.5. The Bertz CT molecular complexity index is 390. The van der Waals surface area contributed by atoms with Gasteiger partial charge in [-0.2, -0.15) is 0 Å². The van der Waals surface area contributed by atoms with Crippen molar-refractivity contribution in [1.29, 1.82) is 0 Å². The van der Waals surface area contributed by atoms with Crippen molar-refractivity contribution in [2.75, 3.05) is 12.8 Å². The van der Waals surface area contributed by atoms with Crippen molar-refractivity contribution in [1.82, 2.24) is 0 Å². The van der Waals surface area contributed by atoms with Crippen LogP contribution in [0.4, 0.5) is 0 Å². The molecular weight excluding hydrogens is 430 g/mol. The van der Waals surface area contributed by atoms with E-state index < -0.39 is 0 Å². The number of fused-ring (bicyclic) bond motifs is 3. The Morgan fingerprint density at radius 3 is 2.33 bits per heavy atom. The molecule has 2 aliphatic rings. The van der Waals surface area contributed by atoms with Gasteiger partial charge in [0.15, 0.2) is 0 Å². The maximum atomic E-state index is 4.64. The fourth-order valence-corrected chi connectivity index (χ4v) is 5.18. The van der Waals surface area contributed by atoms with Crippen molar-refractivity contribution < 1.29 is 24.4 Å². The molecule has 1 aromatic carbocycles. The second-order valence-electron chi connectivity index (χ2n) is 4.30. The van der Waals surface area contributed by atoms with Crippen molar-refractivity contribution in [3.05, 3.63) is 47.5 Å². The molecule has 0 heterocycles. The molecule has 18 heavy (non-hydrogen) atoms. The Kier molecular flexibility index (Phi) is 7.83. The third-order valence-electron chi connectivity index (χ3n) is 3.59. The van der Waals surface area contributed by atoms with Crippen molar-refractivity contribution >= 4 is 23.2 Å². The SMILES string of the molecule is CCl.CCl.[Hf][CH]1c2ccccc2C2C=CCCC12. The molecule has 0 N–H and O–H groups in total. The van der Waals surface area contributed by atoms with Crippen LogP contribution in [0.3, 0.4) is 0 Å². The molecule has 0 nitrogen and oxygen atoms in total. The molecule has 2 aliphatic carbocycles. The first-order valence-corrected chi connectivity index (χ1v) is 9.69. The molecule has 0 radical (unpaired) electrons. The van der Waals surface area contributed by atoms with E-state index in [0.29, 0.717) is 0 Å². The summed E-state index contributed by atoms with van der Waals surface area (Å²) in [4.78, 5) is 0. The van der Waals surface area contributed by atoms with Gasteiger partial charge >= 0.3 is 100 Å². The van der Waals surface area contributed by atoms with E-state index in [1.165, 1.54) is 50.0 Å². The van der Waals surface area contributed by atoms with Gasteiger partial charge in [0.1, 0.15) is 0 Å². The van der Waals surface area contributed by atoms with Crippen LogP contribution in [-0.4, -0.2) is 12.8 Å². The molecule has 0 saturated carbocycles. The molecule has 3 heteroatoms. The van der Waals surface area contributed by atoms with E-state index in [4.69, 9.17) is 0 Å². The number of allylic oxidation sites excluding steroid dienone is 2. The molecule has 0 bridgehead atoms. The van der Waals surface area contributed by atoms with E-state index in [9.17, 15) is 0 Å². The number of benzene rings is 1. The van der Waals surface area contributed by atoms with Gasteiger partial charge in [-0.05, 0) is 0 Å². The van der Waals surface area contributed by atoms with Crippen LogP contribution in [0, 0.1) is 5.92 Å². The van der Waals surface area contributed by atoms with E-state index in [2.05, 4.69) is 59.6 Å². The van der Waals surface area contributed by atoms with Gasteiger partial charge in [-0.3, -0.25) is 0 Å². The molecule has 3 unspecified atom stereocenters. The molecular formula is C15H19Cl2Hf. The van der Waals surface area contributed by atoms with Crippen molar-refractivity contribution in [2.24, 2.45) is 5.92 Å². The average molecular weight is 449 g/mol. The van der Waals surface area contributed by atoms with E-state index in [0.717, 1.165) is 15.5 Å². The quantitative estimate of drug-likeness (QED) is 0.296. The fraction of sp³-hybridized carbons (Fsp3) is 0.467. The number of hydrogen-bond acceptors (Lipinski definition) is 0. The number of alkyl halides is 2. The standard InChI is InChI=1S/C13H13.2CH3Cl.Hf/c1-3-7-12-10(5-1)9-11-6-2-4-8-13(11)12;2*1-2;/h1,3-5,7-9,11,13H,2,6H2;2*1H3;. The summed E-state index contributed by atoms with van der Waals surface area (Å²) in [5.41, 5.74) is 3.27. The minimum atomic E-state index is 0.752. The van der Waals surface area contributed by atoms with Crippen LogP contribution >= 0.6 is 23.2 Å². The molecule has 3 atom stereocenters. The van der Waals surface area contributed by atoms with Crippen LogP contribution in [0.25, 0.3) is 0 Å². The van der Waals surface area contributed by atoms with Gasteiger partial charge in [0, 0.05) is 12.8 Å². The molecule has 0 saturated heterocycles. The first kappa shape index (κ1) is 16.5. The number of halogens is 2. The van der Waals surface area contributed by atoms with Gasteiger partial charge < -0.3 is 0 Å². The second kappa shape index (κ2) is 8.55. The first-order chi connectivity index (χ1) is 8.88. The number of hydrogen-bond donors (Lipinski definition) is 0. The van der Waals surface area contributed by atoms with E-state index in [1.54, 1.807) is 11.1 Å². The summed E-state index contributed by atoms with van der Waals surface area (Å²) in [5.74, 6) is 1.69. The molecule has 0 fully saturated rings. The van der Waals surface area contributed by atoms with Crippen LogP contribution in [0.1, 0.15) is 33.6 Å². The van der Waals surface area contributed by atoms with Gasteiger partial charge in [-0.1, -0.05) is 0 Å². The van der Waals surface area contributed by atoms with Crippen molar-refractivity contribution in [3.8, 4) is 0 Å². The Balaban J connectivity index is 0.000000371. The molecule has 97 valence electrons. The van der Waals surface area contributed by atoms with Gasteiger partial charge in [-0.25, -0.2) is 0 Å². The third kappa shape index (κ3) is 3.29. The first-order valence-electron chi connectivity index (χ1n) is 6.10. The molecule has 1 aromatic rings. The minimum absolute atomic E-state index is 0.752. The zero-order valence-corrected chi connectivity index (χ0v) is 16.0. The number of rotatable bonds is 0. The van der Waals surface area contributed by atoms with Gasteiger partial charge in [0.25, 0.3) is 0 Å². The van der Waals surface area contributed by atoms with Crippen LogP contribution in [-0.2, 0) is 24.4 Å². The summed E-state index contributed by atoms with van der Waals surface area (Å²) < 4.78 is 0.904. The van der Waals surface area contributed by atoms with Crippen LogP contribution < -0.4 is 0 Å². The Hall–Kier alpha value is 0.410. The predicted molar refractivity (Wildman–Crippen MR) is 77.3 cm³/mol. The maximum absolute atomic E-state index is 4.64. The average Bonchev–Trinajstić information content (AvgIpc) is 2.78. The molecule has 3 rings (SSSR count). The summed E-state index contributed by atoms with van der Waals surface area (Å²) in [6.07, 6.45) is 10.5. The monoisotopic (exact) mass is 449 g/mol. The second-order valence-corrected chi connectivity index (χ2v) is 6.54. The van der Waals surface area contributed by atoms with Gasteiger partial charge in [0.2, 0.25) is 0 Å². The van der Waals surface area contributed by atoms with Gasteiger partial charge in [-0.15, -0.1) is 23.2 Å². The van der Waals surface area contributed by atoms with Crippen molar-refractivity contribution in [2.45, 2.75) is 22.4 Å². The summed E-state index contributed by atoms with van der Waals surface area (Å²) in [6, 6.07) is 9.07. The summed E-state index contributed by atoms with van der Waals surface area (Å²) in [6.45, 7) is 0. The van der Waals surface area contributed by atoms with Crippen LogP contribution in [0.15, 0.2) is 36.4 Å². The third-order valence-corrected chi connectivity index (χ3v) is 6.25. The van der Waals surface area contributed by atoms with Crippen LogP contribution in [0.2, 0.25) is 0 Å². The summed E-state index contributed by atoms with van der Waals surface area (Å²) in [7, 11) is 0. The van der Waals surface area contributed by atoms with E-state index in [-0.39, 0.29) is 0 Å². The summed E-state index contributed by atoms with van der Waals surface area (Å²) in [5, 5.41) is 0. The Morgan fingerprint density at radius 1 is 1.06 bits per heavy atom. The normalized spacial score (nSPS) is 26.9. The molecule has 0 aliphatic heterocycles. The molecule has 0 amide bonds. The molecule has 0 aromatic heterocycles. The summed E-state index contributed by atoms with van der Waals surface area (Å²) >= 11 is 10.6. The predicted octanol–water partition coefficient (Wildman–Crippen LogP) is 5.05. The Morgan fingerprint density at radius 2 is 1.67 bits per heavy atom. The van der Waals surface area contributed by atoms with Crippen LogP contribution in [0.5, 0.6) is 0 Å². The molecule has 0 spiro atoms. The van der Waals surface area contributed by atoms with Gasteiger partial charge in [0.05, 0.1) is 0 Å². The topological polar surface area (TPSA) is 0 Å².